The lowest BCUT2D eigenvalue weighted by molar-refractivity contribution is 0.0877. The van der Waals surface area contributed by atoms with E-state index >= 15 is 0 Å². The van der Waals surface area contributed by atoms with Crippen molar-refractivity contribution in [3.8, 4) is 11.1 Å². The Labute approximate surface area is 278 Å². The van der Waals surface area contributed by atoms with E-state index < -0.39 is 12.0 Å². The molecule has 18 nitrogen and oxygen atoms in total. The maximum absolute atomic E-state index is 13.0. The number of methoxy groups -OCH3 is 1. The van der Waals surface area contributed by atoms with Crippen molar-refractivity contribution in [3.63, 3.8) is 0 Å². The van der Waals surface area contributed by atoms with E-state index in [0.29, 0.717) is 57.3 Å². The van der Waals surface area contributed by atoms with Crippen LogP contribution >= 0.6 is 0 Å². The number of benzene rings is 2. The number of ether oxygens (including phenoxy) is 4. The standard InChI is InChI=1S/C29H46FN11O7/c1-3-4-13-46-15-10-31-27(42)20-6-8-22-23-9-7-21(28(43)32-11-16-47-14-5-12-45-2)18-25(23)26(24(22)17-20)19-48-29(44)33-35-37-39-41-40-38-36-34-30/h6-9,17-18,26,34-41H,3-5,10-16,19H2,1-2H3,(H,31,42)(H,32,43)(H,33,44). The van der Waals surface area contributed by atoms with Crippen LogP contribution < -0.4 is 60.5 Å². The van der Waals surface area contributed by atoms with Gasteiger partial charge in [0, 0.05) is 57.1 Å². The van der Waals surface area contributed by atoms with Crippen LogP contribution in [0.15, 0.2) is 36.4 Å². The molecule has 3 amide bonds. The number of rotatable bonds is 25. The normalized spacial score (nSPS) is 13.1. The molecule has 2 aromatic rings. The van der Waals surface area contributed by atoms with Gasteiger partial charge in [0.05, 0.1) is 13.2 Å². The van der Waals surface area contributed by atoms with Gasteiger partial charge in [-0.1, -0.05) is 31.1 Å². The Morgan fingerprint density at radius 1 is 0.708 bits per heavy atom. The number of halogens is 1. The van der Waals surface area contributed by atoms with E-state index in [1.54, 1.807) is 31.4 Å². The zero-order valence-corrected chi connectivity index (χ0v) is 27.1. The highest BCUT2D eigenvalue weighted by atomic mass is 19.2. The molecule has 1 aliphatic rings. The number of carbonyl (C=O) groups excluding carboxylic acids is 3. The predicted octanol–water partition coefficient (Wildman–Crippen LogP) is -0.224. The second-order valence-electron chi connectivity index (χ2n) is 10.3. The smallest absolute Gasteiger partial charge is 0.422 e. The summed E-state index contributed by atoms with van der Waals surface area (Å²) in [5, 5.41) is 5.74. The third-order valence-electron chi connectivity index (χ3n) is 6.98. The number of carbonyl (C=O) groups is 3. The number of fused-ring (bicyclic) bond motifs is 3. The van der Waals surface area contributed by atoms with E-state index in [1.807, 2.05) is 17.7 Å². The molecule has 0 fully saturated rings. The van der Waals surface area contributed by atoms with Crippen LogP contribution in [-0.4, -0.2) is 77.7 Å². The zero-order valence-electron chi connectivity index (χ0n) is 27.1. The van der Waals surface area contributed by atoms with Gasteiger partial charge in [0.2, 0.25) is 0 Å². The summed E-state index contributed by atoms with van der Waals surface area (Å²) in [7, 11) is 1.63. The molecule has 0 heterocycles. The quantitative estimate of drug-likeness (QED) is 0.0371. The van der Waals surface area contributed by atoms with Gasteiger partial charge in [0.15, 0.2) is 0 Å². The highest BCUT2D eigenvalue weighted by Crippen LogP contribution is 2.45. The van der Waals surface area contributed by atoms with E-state index in [9.17, 15) is 18.9 Å². The maximum Gasteiger partial charge on any atom is 0.422 e. The van der Waals surface area contributed by atoms with Crippen molar-refractivity contribution < 1.29 is 37.8 Å². The number of hydrogen-bond acceptors (Lipinski definition) is 15. The highest BCUT2D eigenvalue weighted by Gasteiger charge is 2.31. The molecule has 0 saturated heterocycles. The lowest BCUT2D eigenvalue weighted by atomic mass is 9.95. The van der Waals surface area contributed by atoms with Gasteiger partial charge in [0.1, 0.15) is 6.61 Å². The van der Waals surface area contributed by atoms with Crippen LogP contribution in [0.4, 0.5) is 9.28 Å². The zero-order chi connectivity index (χ0) is 34.4. The average molecular weight is 680 g/mol. The van der Waals surface area contributed by atoms with Gasteiger partial charge < -0.3 is 29.6 Å². The van der Waals surface area contributed by atoms with Crippen molar-refractivity contribution in [2.75, 3.05) is 59.8 Å². The predicted molar refractivity (Wildman–Crippen MR) is 172 cm³/mol. The first-order chi connectivity index (χ1) is 23.5. The van der Waals surface area contributed by atoms with Crippen LogP contribution in [0.5, 0.6) is 0 Å². The molecule has 0 spiro atoms. The number of nitrogens with one attached hydrogen (secondary N) is 11. The van der Waals surface area contributed by atoms with Crippen LogP contribution in [0.3, 0.4) is 0 Å². The minimum Gasteiger partial charge on any atom is -0.448 e. The summed E-state index contributed by atoms with van der Waals surface area (Å²) in [4.78, 5) is 38.4. The summed E-state index contributed by atoms with van der Waals surface area (Å²) in [6, 6.07) is 10.7. The van der Waals surface area contributed by atoms with Crippen LogP contribution in [0.1, 0.15) is 63.9 Å². The van der Waals surface area contributed by atoms with Crippen molar-refractivity contribution in [1.82, 2.24) is 60.5 Å². The number of unbranched alkanes of at least 4 members (excludes halogenated alkanes) is 1. The fourth-order valence-corrected chi connectivity index (χ4v) is 4.71. The fourth-order valence-electron chi connectivity index (χ4n) is 4.71. The lowest BCUT2D eigenvalue weighted by Gasteiger charge is -2.17. The summed E-state index contributed by atoms with van der Waals surface area (Å²) in [6.45, 7) is 5.25. The third kappa shape index (κ3) is 13.0. The molecule has 3 rings (SSSR count). The fraction of sp³-hybridized carbons (Fsp3) is 0.483. The van der Waals surface area contributed by atoms with Gasteiger partial charge in [-0.05, 0) is 59.4 Å². The molecule has 1 unspecified atom stereocenters. The molecular weight excluding hydrogens is 633 g/mol. The van der Waals surface area contributed by atoms with E-state index in [0.717, 1.165) is 47.2 Å². The first-order valence-electron chi connectivity index (χ1n) is 15.5. The minimum atomic E-state index is -0.815. The van der Waals surface area contributed by atoms with Gasteiger partial charge in [-0.2, -0.15) is 38.7 Å². The maximum atomic E-state index is 13.0. The molecule has 2 aromatic carbocycles. The van der Waals surface area contributed by atoms with E-state index in [4.69, 9.17) is 18.9 Å². The van der Waals surface area contributed by atoms with Crippen LogP contribution in [0.25, 0.3) is 11.1 Å². The summed E-state index contributed by atoms with van der Waals surface area (Å²) in [5.74, 6) is -0.999. The second kappa shape index (κ2) is 22.7. The van der Waals surface area contributed by atoms with Crippen molar-refractivity contribution in [3.05, 3.63) is 58.7 Å². The molecule has 48 heavy (non-hydrogen) atoms. The van der Waals surface area contributed by atoms with E-state index in [2.05, 4.69) is 56.2 Å². The Bertz CT molecular complexity index is 1290. The molecule has 1 aliphatic carbocycles. The molecule has 0 saturated carbocycles. The van der Waals surface area contributed by atoms with Gasteiger partial charge >= 0.3 is 6.09 Å². The first-order valence-corrected chi connectivity index (χ1v) is 15.5. The first kappa shape index (κ1) is 38.6. The summed E-state index contributed by atoms with van der Waals surface area (Å²) in [5.41, 5.74) is 23.3. The van der Waals surface area contributed by atoms with Gasteiger partial charge in [-0.25, -0.2) is 10.2 Å². The van der Waals surface area contributed by atoms with Gasteiger partial charge in [0.25, 0.3) is 11.8 Å². The lowest BCUT2D eigenvalue weighted by Crippen LogP contribution is -2.64. The summed E-state index contributed by atoms with van der Waals surface area (Å²) >= 11 is 0. The molecule has 0 bridgehead atoms. The topological polar surface area (TPSA) is 220 Å². The van der Waals surface area contributed by atoms with Gasteiger partial charge in [-0.3, -0.25) is 9.59 Å². The Morgan fingerprint density at radius 2 is 1.25 bits per heavy atom. The number of hydrogen-bond donors (Lipinski definition) is 11. The van der Waals surface area contributed by atoms with E-state index in [1.165, 1.54) is 0 Å². The molecule has 1 atom stereocenters. The SMILES string of the molecule is CCCCOCCNC(=O)c1ccc2c(c1)C(COC(=O)NNNNNNNNNF)c1cc(C(=O)NCCOCCCOC)ccc1-2. The summed E-state index contributed by atoms with van der Waals surface area (Å²) in [6.07, 6.45) is 1.95. The highest BCUT2D eigenvalue weighted by molar-refractivity contribution is 5.98. The molecule has 0 radical (unpaired) electrons. The number of hydrazine groups is 8. The molecule has 266 valence electrons. The van der Waals surface area contributed by atoms with Crippen molar-refractivity contribution in [1.29, 1.82) is 0 Å². The Morgan fingerprint density at radius 3 is 1.79 bits per heavy atom. The third-order valence-corrected chi connectivity index (χ3v) is 6.98. The van der Waals surface area contributed by atoms with Gasteiger partial charge in [-0.15, -0.1) is 4.48 Å². The average Bonchev–Trinajstić information content (AvgIpc) is 3.41. The molecular formula is C29H46FN11O7. The Hall–Kier alpha value is -3.86. The molecule has 11 N–H and O–H groups in total. The largest absolute Gasteiger partial charge is 0.448 e. The van der Waals surface area contributed by atoms with Crippen LogP contribution in [0.2, 0.25) is 0 Å². The van der Waals surface area contributed by atoms with Crippen molar-refractivity contribution in [2.45, 2.75) is 32.1 Å². The Balaban J connectivity index is 1.65. The summed E-state index contributed by atoms with van der Waals surface area (Å²) < 4.78 is 33.3. The van der Waals surface area contributed by atoms with Crippen molar-refractivity contribution in [2.24, 2.45) is 0 Å². The van der Waals surface area contributed by atoms with E-state index in [-0.39, 0.29) is 18.4 Å². The molecule has 19 heteroatoms. The van der Waals surface area contributed by atoms with Crippen LogP contribution in [0, 0.1) is 0 Å². The molecule has 0 aliphatic heterocycles. The second-order valence-corrected chi connectivity index (χ2v) is 10.3. The number of amides is 3. The monoisotopic (exact) mass is 679 g/mol. The molecule has 0 aromatic heterocycles. The van der Waals surface area contributed by atoms with Crippen LogP contribution in [-0.2, 0) is 18.9 Å². The minimum absolute atomic E-state index is 0.0940. The van der Waals surface area contributed by atoms with Crippen molar-refractivity contribution >= 4 is 17.9 Å². The Kier molecular flexibility index (Phi) is 18.2.